The van der Waals surface area contributed by atoms with E-state index in [0.29, 0.717) is 4.77 Å². The molecular formula is C12H23N3OS. The molecule has 0 saturated heterocycles. The second-order valence-corrected chi connectivity index (χ2v) is 4.87. The minimum Gasteiger partial charge on any atom is -0.272 e. The topological polar surface area (TPSA) is 53.6 Å². The Hall–Kier alpha value is -0.840. The van der Waals surface area contributed by atoms with Crippen LogP contribution in [-0.2, 0) is 6.54 Å². The largest absolute Gasteiger partial charge is 0.342 e. The summed E-state index contributed by atoms with van der Waals surface area (Å²) >= 11 is 5.00. The first-order chi connectivity index (χ1) is 8.25. The lowest BCUT2D eigenvalue weighted by molar-refractivity contribution is 0.536. The van der Waals surface area contributed by atoms with Gasteiger partial charge < -0.3 is 0 Å². The van der Waals surface area contributed by atoms with Crippen LogP contribution in [0.4, 0.5) is 0 Å². The lowest BCUT2D eigenvalue weighted by atomic mass is 10.1. The molecule has 98 valence electrons. The number of rotatable bonds is 9. The van der Waals surface area contributed by atoms with Gasteiger partial charge in [0, 0.05) is 6.54 Å². The fourth-order valence-electron chi connectivity index (χ4n) is 1.94. The highest BCUT2D eigenvalue weighted by Crippen LogP contribution is 2.08. The Bertz CT molecular complexity index is 377. The van der Waals surface area contributed by atoms with E-state index in [1.165, 1.54) is 44.9 Å². The number of hydrogen-bond donors (Lipinski definition) is 2. The molecule has 0 aliphatic rings. The minimum atomic E-state index is -0.127. The van der Waals surface area contributed by atoms with Gasteiger partial charge in [0.05, 0.1) is 0 Å². The zero-order valence-corrected chi connectivity index (χ0v) is 11.4. The molecule has 0 aliphatic heterocycles. The molecule has 1 heterocycles. The SMILES string of the molecule is CCCCCCCCCCn1c(=O)[nH][nH]c1=S. The van der Waals surface area contributed by atoms with Crippen LogP contribution >= 0.6 is 12.2 Å². The third-order valence-corrected chi connectivity index (χ3v) is 3.32. The summed E-state index contributed by atoms with van der Waals surface area (Å²) in [6, 6.07) is 0. The summed E-state index contributed by atoms with van der Waals surface area (Å²) in [5, 5.41) is 5.14. The summed E-state index contributed by atoms with van der Waals surface area (Å²) in [6.45, 7) is 2.96. The molecule has 17 heavy (non-hydrogen) atoms. The van der Waals surface area contributed by atoms with Gasteiger partial charge in [0.2, 0.25) is 0 Å². The van der Waals surface area contributed by atoms with Crippen molar-refractivity contribution < 1.29 is 0 Å². The number of nitrogens with one attached hydrogen (secondary N) is 2. The highest BCUT2D eigenvalue weighted by molar-refractivity contribution is 7.71. The van der Waals surface area contributed by atoms with Crippen molar-refractivity contribution in [3.05, 3.63) is 15.3 Å². The van der Waals surface area contributed by atoms with Crippen molar-refractivity contribution in [2.24, 2.45) is 0 Å². The highest BCUT2D eigenvalue weighted by Gasteiger charge is 1.99. The first-order valence-electron chi connectivity index (χ1n) is 6.63. The van der Waals surface area contributed by atoms with Gasteiger partial charge in [0.1, 0.15) is 0 Å². The molecule has 0 bridgehead atoms. The van der Waals surface area contributed by atoms with E-state index in [0.717, 1.165) is 13.0 Å². The zero-order valence-electron chi connectivity index (χ0n) is 10.6. The van der Waals surface area contributed by atoms with Gasteiger partial charge in [0.15, 0.2) is 4.77 Å². The molecule has 5 heteroatoms. The van der Waals surface area contributed by atoms with Crippen molar-refractivity contribution in [2.75, 3.05) is 0 Å². The van der Waals surface area contributed by atoms with E-state index in [2.05, 4.69) is 17.1 Å². The number of unbranched alkanes of at least 4 members (excludes halogenated alkanes) is 7. The van der Waals surface area contributed by atoms with E-state index in [1.807, 2.05) is 0 Å². The summed E-state index contributed by atoms with van der Waals surface area (Å²) in [7, 11) is 0. The molecule has 0 fully saturated rings. The Kier molecular flexibility index (Phi) is 6.93. The molecule has 0 amide bonds. The lowest BCUT2D eigenvalue weighted by Gasteiger charge is -2.01. The van der Waals surface area contributed by atoms with Gasteiger partial charge >= 0.3 is 5.69 Å². The lowest BCUT2D eigenvalue weighted by Crippen LogP contribution is -2.16. The Morgan fingerprint density at radius 3 is 2.12 bits per heavy atom. The average Bonchev–Trinajstić information content (AvgIpc) is 2.63. The van der Waals surface area contributed by atoms with Gasteiger partial charge in [-0.3, -0.25) is 9.67 Å². The standard InChI is InChI=1S/C12H23N3OS/c1-2-3-4-5-6-7-8-9-10-15-11(16)13-14-12(15)17/h2-10H2,1H3,(H,13,16)(H,14,17). The van der Waals surface area contributed by atoms with Gasteiger partial charge in [-0.05, 0) is 18.6 Å². The van der Waals surface area contributed by atoms with Gasteiger partial charge in [-0.15, -0.1) is 0 Å². The minimum absolute atomic E-state index is 0.127. The van der Waals surface area contributed by atoms with Crippen molar-refractivity contribution in [2.45, 2.75) is 64.8 Å². The van der Waals surface area contributed by atoms with Gasteiger partial charge in [-0.1, -0.05) is 51.9 Å². The summed E-state index contributed by atoms with van der Waals surface area (Å²) in [5.74, 6) is 0. The third-order valence-electron chi connectivity index (χ3n) is 3.00. The molecule has 1 aromatic heterocycles. The third kappa shape index (κ3) is 5.35. The van der Waals surface area contributed by atoms with Gasteiger partial charge in [-0.25, -0.2) is 9.89 Å². The number of aromatic nitrogens is 3. The zero-order chi connectivity index (χ0) is 12.5. The molecule has 2 N–H and O–H groups in total. The van der Waals surface area contributed by atoms with Crippen LogP contribution in [0.25, 0.3) is 0 Å². The second-order valence-electron chi connectivity index (χ2n) is 4.49. The highest BCUT2D eigenvalue weighted by atomic mass is 32.1. The first-order valence-corrected chi connectivity index (χ1v) is 7.04. The second kappa shape index (κ2) is 8.28. The molecule has 1 rings (SSSR count). The molecule has 0 atom stereocenters. The van der Waals surface area contributed by atoms with E-state index in [4.69, 9.17) is 12.2 Å². The van der Waals surface area contributed by atoms with E-state index in [-0.39, 0.29) is 5.69 Å². The van der Waals surface area contributed by atoms with Crippen molar-refractivity contribution in [3.8, 4) is 0 Å². The van der Waals surface area contributed by atoms with Crippen LogP contribution < -0.4 is 5.69 Å². The van der Waals surface area contributed by atoms with Gasteiger partial charge in [0.25, 0.3) is 0 Å². The van der Waals surface area contributed by atoms with Crippen molar-refractivity contribution in [1.82, 2.24) is 14.8 Å². The number of nitrogens with zero attached hydrogens (tertiary/aromatic N) is 1. The smallest absolute Gasteiger partial charge is 0.272 e. The van der Waals surface area contributed by atoms with E-state index in [1.54, 1.807) is 4.57 Å². The molecule has 0 unspecified atom stereocenters. The van der Waals surface area contributed by atoms with Gasteiger partial charge in [-0.2, -0.15) is 0 Å². The van der Waals surface area contributed by atoms with Crippen LogP contribution in [0.2, 0.25) is 0 Å². The predicted molar refractivity (Wildman–Crippen MR) is 72.8 cm³/mol. The maximum absolute atomic E-state index is 11.3. The molecule has 0 aliphatic carbocycles. The Balaban J connectivity index is 2.05. The first kappa shape index (κ1) is 14.2. The average molecular weight is 257 g/mol. The molecule has 1 aromatic rings. The fourth-order valence-corrected chi connectivity index (χ4v) is 2.17. The van der Waals surface area contributed by atoms with E-state index < -0.39 is 0 Å². The summed E-state index contributed by atoms with van der Waals surface area (Å²) in [6.07, 6.45) is 10.1. The molecule has 0 spiro atoms. The molecule has 0 saturated carbocycles. The molecule has 0 radical (unpaired) electrons. The molecular weight excluding hydrogens is 234 g/mol. The summed E-state index contributed by atoms with van der Waals surface area (Å²) < 4.78 is 2.09. The van der Waals surface area contributed by atoms with E-state index in [9.17, 15) is 4.79 Å². The van der Waals surface area contributed by atoms with Crippen LogP contribution in [0.5, 0.6) is 0 Å². The van der Waals surface area contributed by atoms with Crippen LogP contribution in [0.3, 0.4) is 0 Å². The van der Waals surface area contributed by atoms with Crippen molar-refractivity contribution >= 4 is 12.2 Å². The van der Waals surface area contributed by atoms with Crippen LogP contribution in [0.15, 0.2) is 4.79 Å². The van der Waals surface area contributed by atoms with Crippen LogP contribution in [-0.4, -0.2) is 14.8 Å². The van der Waals surface area contributed by atoms with Crippen molar-refractivity contribution in [3.63, 3.8) is 0 Å². The predicted octanol–water partition coefficient (Wildman–Crippen LogP) is 3.37. The van der Waals surface area contributed by atoms with Crippen LogP contribution in [0, 0.1) is 4.77 Å². The number of H-pyrrole nitrogens is 2. The monoisotopic (exact) mass is 257 g/mol. The maximum atomic E-state index is 11.3. The fraction of sp³-hybridized carbons (Fsp3) is 0.833. The number of hydrogen-bond acceptors (Lipinski definition) is 2. The van der Waals surface area contributed by atoms with Crippen LogP contribution in [0.1, 0.15) is 58.3 Å². The summed E-state index contributed by atoms with van der Waals surface area (Å²) in [5.41, 5.74) is -0.127. The molecule has 0 aromatic carbocycles. The quantitative estimate of drug-likeness (QED) is 0.526. The Morgan fingerprint density at radius 1 is 1.00 bits per heavy atom. The summed E-state index contributed by atoms with van der Waals surface area (Å²) in [4.78, 5) is 11.3. The van der Waals surface area contributed by atoms with Crippen molar-refractivity contribution in [1.29, 1.82) is 0 Å². The Morgan fingerprint density at radius 2 is 1.59 bits per heavy atom. The Labute approximate surface area is 107 Å². The van der Waals surface area contributed by atoms with E-state index >= 15 is 0 Å². The maximum Gasteiger partial charge on any atom is 0.342 e. The normalized spacial score (nSPS) is 10.9. The number of aromatic amines is 2. The molecule has 4 nitrogen and oxygen atoms in total.